The van der Waals surface area contributed by atoms with Gasteiger partial charge in [0.25, 0.3) is 5.91 Å². The van der Waals surface area contributed by atoms with Gasteiger partial charge in [0.05, 0.1) is 5.56 Å². The van der Waals surface area contributed by atoms with Crippen molar-refractivity contribution < 1.29 is 18.4 Å². The molecular weight excluding hydrogens is 218 g/mol. The Morgan fingerprint density at radius 2 is 2.00 bits per heavy atom. The zero-order valence-corrected chi connectivity index (χ0v) is 8.30. The number of amides is 2. The number of benzene rings is 1. The fourth-order valence-corrected chi connectivity index (χ4v) is 1.07. The number of carbonyl (C=O) groups is 2. The van der Waals surface area contributed by atoms with E-state index in [9.17, 15) is 18.4 Å². The van der Waals surface area contributed by atoms with E-state index in [4.69, 9.17) is 5.73 Å². The first-order chi connectivity index (χ1) is 7.50. The van der Waals surface area contributed by atoms with Crippen molar-refractivity contribution in [1.82, 2.24) is 5.32 Å². The summed E-state index contributed by atoms with van der Waals surface area (Å²) >= 11 is 0. The van der Waals surface area contributed by atoms with E-state index in [1.54, 1.807) is 0 Å². The molecule has 0 bridgehead atoms. The van der Waals surface area contributed by atoms with Crippen LogP contribution in [-0.2, 0) is 4.79 Å². The number of nitrogens with one attached hydrogen (secondary N) is 1. The molecule has 86 valence electrons. The third-order valence-electron chi connectivity index (χ3n) is 1.83. The van der Waals surface area contributed by atoms with E-state index in [2.05, 4.69) is 5.32 Å². The first-order valence-electron chi connectivity index (χ1n) is 4.52. The van der Waals surface area contributed by atoms with E-state index in [0.717, 1.165) is 12.1 Å². The number of rotatable bonds is 4. The molecule has 4 nitrogen and oxygen atoms in total. The number of halogens is 2. The summed E-state index contributed by atoms with van der Waals surface area (Å²) in [6.45, 7) is 0.0188. The molecule has 0 aromatic heterocycles. The number of carbonyl (C=O) groups excluding carboxylic acids is 2. The first-order valence-corrected chi connectivity index (χ1v) is 4.52. The van der Waals surface area contributed by atoms with Crippen molar-refractivity contribution in [3.8, 4) is 0 Å². The van der Waals surface area contributed by atoms with Crippen LogP contribution in [0.3, 0.4) is 0 Å². The summed E-state index contributed by atoms with van der Waals surface area (Å²) in [5.41, 5.74) is 4.58. The summed E-state index contributed by atoms with van der Waals surface area (Å²) in [5, 5.41) is 2.29. The highest BCUT2D eigenvalue weighted by Gasteiger charge is 2.11. The van der Waals surface area contributed by atoms with Gasteiger partial charge in [-0.2, -0.15) is 0 Å². The maximum Gasteiger partial charge on any atom is 0.254 e. The minimum absolute atomic E-state index is 0.0188. The summed E-state index contributed by atoms with van der Waals surface area (Å²) < 4.78 is 25.6. The third-order valence-corrected chi connectivity index (χ3v) is 1.83. The van der Waals surface area contributed by atoms with E-state index >= 15 is 0 Å². The van der Waals surface area contributed by atoms with Crippen LogP contribution in [0.5, 0.6) is 0 Å². The summed E-state index contributed by atoms with van der Waals surface area (Å²) in [6.07, 6.45) is -0.0332. The van der Waals surface area contributed by atoms with Gasteiger partial charge in [-0.15, -0.1) is 0 Å². The standard InChI is InChI=1S/C10H10F2N2O2/c11-6-1-2-7(8(12)5-6)10(16)14-4-3-9(13)15/h1-2,5H,3-4H2,(H2,13,15)(H,14,16). The predicted molar refractivity (Wildman–Crippen MR) is 52.5 cm³/mol. The van der Waals surface area contributed by atoms with Crippen molar-refractivity contribution in [3.05, 3.63) is 35.4 Å². The predicted octanol–water partition coefficient (Wildman–Crippen LogP) is 0.570. The zero-order chi connectivity index (χ0) is 12.1. The molecule has 3 N–H and O–H groups in total. The monoisotopic (exact) mass is 228 g/mol. The molecule has 0 aliphatic heterocycles. The average Bonchev–Trinajstić information content (AvgIpc) is 2.16. The van der Waals surface area contributed by atoms with Crippen molar-refractivity contribution in [1.29, 1.82) is 0 Å². The highest BCUT2D eigenvalue weighted by atomic mass is 19.1. The van der Waals surface area contributed by atoms with E-state index in [-0.39, 0.29) is 18.5 Å². The van der Waals surface area contributed by atoms with Crippen LogP contribution < -0.4 is 11.1 Å². The van der Waals surface area contributed by atoms with Gasteiger partial charge in [0, 0.05) is 19.0 Å². The molecule has 16 heavy (non-hydrogen) atoms. The summed E-state index contributed by atoms with van der Waals surface area (Å²) in [6, 6.07) is 2.62. The fraction of sp³-hybridized carbons (Fsp3) is 0.200. The molecule has 0 saturated heterocycles. The Morgan fingerprint density at radius 3 is 2.56 bits per heavy atom. The molecule has 0 aliphatic carbocycles. The molecule has 0 radical (unpaired) electrons. The topological polar surface area (TPSA) is 72.2 Å². The largest absolute Gasteiger partial charge is 0.370 e. The van der Waals surface area contributed by atoms with Crippen LogP contribution in [0.1, 0.15) is 16.8 Å². The molecule has 0 atom stereocenters. The molecule has 0 fully saturated rings. The van der Waals surface area contributed by atoms with Crippen molar-refractivity contribution in [3.63, 3.8) is 0 Å². The summed E-state index contributed by atoms with van der Waals surface area (Å²) in [4.78, 5) is 21.7. The van der Waals surface area contributed by atoms with Crippen LogP contribution in [0.2, 0.25) is 0 Å². The van der Waals surface area contributed by atoms with Gasteiger partial charge in [0.15, 0.2) is 0 Å². The second-order valence-electron chi connectivity index (χ2n) is 3.10. The molecule has 0 unspecified atom stereocenters. The number of nitrogens with two attached hydrogens (primary N) is 1. The average molecular weight is 228 g/mol. The van der Waals surface area contributed by atoms with Gasteiger partial charge in [0.1, 0.15) is 11.6 Å². The number of hydrogen-bond donors (Lipinski definition) is 2. The normalized spacial score (nSPS) is 9.88. The van der Waals surface area contributed by atoms with Crippen LogP contribution in [0, 0.1) is 11.6 Å². The second kappa shape index (κ2) is 5.20. The Morgan fingerprint density at radius 1 is 1.31 bits per heavy atom. The highest BCUT2D eigenvalue weighted by Crippen LogP contribution is 2.08. The van der Waals surface area contributed by atoms with Gasteiger partial charge in [-0.05, 0) is 12.1 Å². The van der Waals surface area contributed by atoms with E-state index in [1.165, 1.54) is 0 Å². The van der Waals surface area contributed by atoms with Crippen LogP contribution in [0.4, 0.5) is 8.78 Å². The lowest BCUT2D eigenvalue weighted by molar-refractivity contribution is -0.117. The van der Waals surface area contributed by atoms with Crippen molar-refractivity contribution in [2.45, 2.75) is 6.42 Å². The minimum atomic E-state index is -0.948. The zero-order valence-electron chi connectivity index (χ0n) is 8.30. The van der Waals surface area contributed by atoms with Gasteiger partial charge in [-0.25, -0.2) is 8.78 Å². The van der Waals surface area contributed by atoms with Gasteiger partial charge >= 0.3 is 0 Å². The second-order valence-corrected chi connectivity index (χ2v) is 3.10. The molecule has 0 saturated carbocycles. The molecule has 1 rings (SSSR count). The minimum Gasteiger partial charge on any atom is -0.370 e. The van der Waals surface area contributed by atoms with Gasteiger partial charge < -0.3 is 11.1 Å². The van der Waals surface area contributed by atoms with E-state index < -0.39 is 23.4 Å². The quantitative estimate of drug-likeness (QED) is 0.790. The SMILES string of the molecule is NC(=O)CCNC(=O)c1ccc(F)cc1F. The Balaban J connectivity index is 2.63. The molecule has 0 aliphatic rings. The lowest BCUT2D eigenvalue weighted by Crippen LogP contribution is -2.28. The molecule has 1 aromatic rings. The van der Waals surface area contributed by atoms with Gasteiger partial charge in [-0.1, -0.05) is 0 Å². The lowest BCUT2D eigenvalue weighted by atomic mass is 10.2. The first kappa shape index (κ1) is 12.1. The van der Waals surface area contributed by atoms with Crippen molar-refractivity contribution in [2.24, 2.45) is 5.73 Å². The fourth-order valence-electron chi connectivity index (χ4n) is 1.07. The molecular formula is C10H10F2N2O2. The lowest BCUT2D eigenvalue weighted by Gasteiger charge is -2.04. The Labute approximate surface area is 90.4 Å². The van der Waals surface area contributed by atoms with Gasteiger partial charge in [0.2, 0.25) is 5.91 Å². The Kier molecular flexibility index (Phi) is 3.93. The number of primary amides is 1. The molecule has 0 heterocycles. The van der Waals surface area contributed by atoms with Crippen molar-refractivity contribution >= 4 is 11.8 Å². The molecule has 0 spiro atoms. The smallest absolute Gasteiger partial charge is 0.254 e. The maximum atomic E-state index is 13.1. The Hall–Kier alpha value is -1.98. The van der Waals surface area contributed by atoms with Crippen LogP contribution in [0.25, 0.3) is 0 Å². The third kappa shape index (κ3) is 3.30. The molecule has 2 amide bonds. The molecule has 1 aromatic carbocycles. The van der Waals surface area contributed by atoms with Crippen molar-refractivity contribution in [2.75, 3.05) is 6.54 Å². The van der Waals surface area contributed by atoms with Gasteiger partial charge in [-0.3, -0.25) is 9.59 Å². The van der Waals surface area contributed by atoms with E-state index in [1.807, 2.05) is 0 Å². The van der Waals surface area contributed by atoms with E-state index in [0.29, 0.717) is 6.07 Å². The van der Waals surface area contributed by atoms with Crippen LogP contribution >= 0.6 is 0 Å². The maximum absolute atomic E-state index is 13.1. The van der Waals surface area contributed by atoms with Crippen LogP contribution in [-0.4, -0.2) is 18.4 Å². The summed E-state index contributed by atoms with van der Waals surface area (Å²) in [7, 11) is 0. The van der Waals surface area contributed by atoms with Crippen LogP contribution in [0.15, 0.2) is 18.2 Å². The molecule has 6 heteroatoms. The Bertz CT molecular complexity index is 421. The number of hydrogen-bond acceptors (Lipinski definition) is 2. The summed E-state index contributed by atoms with van der Waals surface area (Å²) in [5.74, 6) is -2.98. The highest BCUT2D eigenvalue weighted by molar-refractivity contribution is 5.94.